The third kappa shape index (κ3) is 8.78. The number of hydrogen-bond donors (Lipinski definition) is 1. The molecule has 2 amide bonds. The van der Waals surface area contributed by atoms with Crippen molar-refractivity contribution in [2.24, 2.45) is 0 Å². The predicted octanol–water partition coefficient (Wildman–Crippen LogP) is 5.29. The number of anilines is 1. The predicted molar refractivity (Wildman–Crippen MR) is 150 cm³/mol. The molecule has 0 aromatic heterocycles. The molecular weight excluding hydrogens is 566 g/mol. The standard InChI is InChI=1S/C26H35BrClN3O4S/c1-5-6-16-29-26(33)20(3)30(18-21-12-14-22(27)15-13-21)25(32)11-8-17-31(36(4,34)35)24-10-7-9-23(28)19(24)2/h7,9-10,12-15,20H,5-6,8,11,16-18H2,1-4H3,(H,29,33)/t20-/m1/s1. The lowest BCUT2D eigenvalue weighted by Gasteiger charge is -2.29. The summed E-state index contributed by atoms with van der Waals surface area (Å²) in [6, 6.07) is 12.0. The highest BCUT2D eigenvalue weighted by Crippen LogP contribution is 2.28. The molecule has 2 aromatic rings. The van der Waals surface area contributed by atoms with E-state index in [2.05, 4.69) is 21.2 Å². The summed E-state index contributed by atoms with van der Waals surface area (Å²) < 4.78 is 27.3. The Bertz CT molecular complexity index is 1140. The van der Waals surface area contributed by atoms with Crippen LogP contribution in [0, 0.1) is 6.92 Å². The first-order valence-corrected chi connectivity index (χ1v) is 15.0. The lowest BCUT2D eigenvalue weighted by Crippen LogP contribution is -2.48. The number of nitrogens with one attached hydrogen (secondary N) is 1. The summed E-state index contributed by atoms with van der Waals surface area (Å²) in [5.74, 6) is -0.423. The molecule has 0 unspecified atom stereocenters. The molecule has 7 nitrogen and oxygen atoms in total. The van der Waals surface area contributed by atoms with Crippen LogP contribution in [0.25, 0.3) is 0 Å². The first kappa shape index (κ1) is 30.1. The van der Waals surface area contributed by atoms with E-state index in [1.807, 2.05) is 31.2 Å². The average Bonchev–Trinajstić information content (AvgIpc) is 2.82. The highest BCUT2D eigenvalue weighted by Gasteiger charge is 2.27. The van der Waals surface area contributed by atoms with Gasteiger partial charge in [-0.05, 0) is 62.1 Å². The number of benzene rings is 2. The van der Waals surface area contributed by atoms with Crippen LogP contribution in [-0.4, -0.2) is 50.5 Å². The van der Waals surface area contributed by atoms with Crippen molar-refractivity contribution in [3.05, 3.63) is 63.1 Å². The molecule has 1 atom stereocenters. The van der Waals surface area contributed by atoms with E-state index in [4.69, 9.17) is 11.6 Å². The number of hydrogen-bond acceptors (Lipinski definition) is 4. The fourth-order valence-corrected chi connectivity index (χ4v) is 5.20. The Morgan fingerprint density at radius 1 is 1.11 bits per heavy atom. The smallest absolute Gasteiger partial charge is 0.242 e. The van der Waals surface area contributed by atoms with Gasteiger partial charge in [0.2, 0.25) is 21.8 Å². The molecular formula is C26H35BrClN3O4S. The summed E-state index contributed by atoms with van der Waals surface area (Å²) in [7, 11) is -3.59. The Kier molecular flexibility index (Phi) is 11.7. The molecule has 2 aromatic carbocycles. The Labute approximate surface area is 228 Å². The summed E-state index contributed by atoms with van der Waals surface area (Å²) in [5.41, 5.74) is 2.05. The highest BCUT2D eigenvalue weighted by atomic mass is 79.9. The van der Waals surface area contributed by atoms with E-state index in [1.165, 1.54) is 4.31 Å². The third-order valence-electron chi connectivity index (χ3n) is 5.92. The summed E-state index contributed by atoms with van der Waals surface area (Å²) in [5, 5.41) is 3.37. The fourth-order valence-electron chi connectivity index (χ4n) is 3.75. The van der Waals surface area contributed by atoms with Crippen LogP contribution >= 0.6 is 27.5 Å². The van der Waals surface area contributed by atoms with E-state index in [0.717, 1.165) is 29.1 Å². The van der Waals surface area contributed by atoms with Crippen LogP contribution in [0.2, 0.25) is 5.02 Å². The van der Waals surface area contributed by atoms with Crippen LogP contribution in [0.5, 0.6) is 0 Å². The van der Waals surface area contributed by atoms with Gasteiger partial charge in [-0.1, -0.05) is 59.1 Å². The van der Waals surface area contributed by atoms with Crippen molar-refractivity contribution in [3.63, 3.8) is 0 Å². The average molecular weight is 601 g/mol. The maximum absolute atomic E-state index is 13.3. The number of unbranched alkanes of at least 4 members (excludes halogenated alkanes) is 1. The summed E-state index contributed by atoms with van der Waals surface area (Å²) in [6.45, 7) is 6.48. The van der Waals surface area contributed by atoms with Gasteiger partial charge >= 0.3 is 0 Å². The van der Waals surface area contributed by atoms with Crippen LogP contribution in [0.15, 0.2) is 46.9 Å². The second-order valence-electron chi connectivity index (χ2n) is 8.79. The topological polar surface area (TPSA) is 86.8 Å². The van der Waals surface area contributed by atoms with Crippen LogP contribution in [-0.2, 0) is 26.2 Å². The van der Waals surface area contributed by atoms with Gasteiger partial charge in [-0.3, -0.25) is 13.9 Å². The number of halogens is 2. The van der Waals surface area contributed by atoms with Crippen molar-refractivity contribution in [1.82, 2.24) is 10.2 Å². The largest absolute Gasteiger partial charge is 0.354 e. The lowest BCUT2D eigenvalue weighted by molar-refractivity contribution is -0.140. The Hall–Kier alpha value is -2.10. The second-order valence-corrected chi connectivity index (χ2v) is 12.0. The molecule has 0 spiro atoms. The van der Waals surface area contributed by atoms with E-state index >= 15 is 0 Å². The number of amides is 2. The molecule has 0 saturated heterocycles. The fraction of sp³-hybridized carbons (Fsp3) is 0.462. The van der Waals surface area contributed by atoms with Gasteiger partial charge in [-0.2, -0.15) is 0 Å². The quantitative estimate of drug-likeness (QED) is 0.317. The lowest BCUT2D eigenvalue weighted by atomic mass is 10.1. The minimum Gasteiger partial charge on any atom is -0.354 e. The summed E-state index contributed by atoms with van der Waals surface area (Å²) >= 11 is 9.62. The molecule has 0 radical (unpaired) electrons. The molecule has 2 rings (SSSR count). The van der Waals surface area contributed by atoms with E-state index in [9.17, 15) is 18.0 Å². The molecule has 0 fully saturated rings. The first-order valence-electron chi connectivity index (χ1n) is 12.0. The SMILES string of the molecule is CCCCNC(=O)[C@@H](C)N(Cc1ccc(Br)cc1)C(=O)CCCN(c1cccc(Cl)c1C)S(C)(=O)=O. The van der Waals surface area contributed by atoms with Crippen molar-refractivity contribution in [2.45, 2.75) is 59.0 Å². The van der Waals surface area contributed by atoms with E-state index in [0.29, 0.717) is 29.2 Å². The van der Waals surface area contributed by atoms with Gasteiger partial charge in [-0.15, -0.1) is 0 Å². The van der Waals surface area contributed by atoms with E-state index in [-0.39, 0.29) is 31.3 Å². The number of nitrogens with zero attached hydrogens (tertiary/aromatic N) is 2. The van der Waals surface area contributed by atoms with Gasteiger partial charge in [0.1, 0.15) is 6.04 Å². The van der Waals surface area contributed by atoms with Gasteiger partial charge in [0.05, 0.1) is 11.9 Å². The van der Waals surface area contributed by atoms with Crippen LogP contribution in [0.3, 0.4) is 0 Å². The zero-order valence-electron chi connectivity index (χ0n) is 21.3. The van der Waals surface area contributed by atoms with Crippen LogP contribution in [0.4, 0.5) is 5.69 Å². The van der Waals surface area contributed by atoms with Crippen molar-refractivity contribution in [1.29, 1.82) is 0 Å². The molecule has 0 aliphatic carbocycles. The normalized spacial score (nSPS) is 12.2. The van der Waals surface area contributed by atoms with Crippen molar-refractivity contribution in [2.75, 3.05) is 23.7 Å². The van der Waals surface area contributed by atoms with Crippen LogP contribution < -0.4 is 9.62 Å². The third-order valence-corrected chi connectivity index (χ3v) is 8.04. The highest BCUT2D eigenvalue weighted by molar-refractivity contribution is 9.10. The van der Waals surface area contributed by atoms with Crippen LogP contribution in [0.1, 0.15) is 50.7 Å². The second kappa shape index (κ2) is 14.0. The van der Waals surface area contributed by atoms with Gasteiger partial charge in [0.25, 0.3) is 0 Å². The van der Waals surface area contributed by atoms with Crippen molar-refractivity contribution < 1.29 is 18.0 Å². The minimum atomic E-state index is -3.59. The summed E-state index contributed by atoms with van der Waals surface area (Å²) in [4.78, 5) is 27.6. The Balaban J connectivity index is 2.17. The number of sulfonamides is 1. The minimum absolute atomic E-state index is 0.0920. The molecule has 0 saturated carbocycles. The molecule has 0 aliphatic rings. The van der Waals surface area contributed by atoms with Gasteiger partial charge in [-0.25, -0.2) is 8.42 Å². The molecule has 0 bridgehead atoms. The number of carbonyl (C=O) groups excluding carboxylic acids is 2. The van der Waals surface area contributed by atoms with Crippen molar-refractivity contribution >= 4 is 55.1 Å². The molecule has 0 heterocycles. The Morgan fingerprint density at radius 2 is 1.78 bits per heavy atom. The first-order chi connectivity index (χ1) is 17.0. The van der Waals surface area contributed by atoms with E-state index < -0.39 is 16.1 Å². The van der Waals surface area contributed by atoms with Crippen molar-refractivity contribution in [3.8, 4) is 0 Å². The monoisotopic (exact) mass is 599 g/mol. The van der Waals surface area contributed by atoms with Gasteiger partial charge in [0.15, 0.2) is 0 Å². The molecule has 0 aliphatic heterocycles. The number of rotatable bonds is 13. The number of carbonyl (C=O) groups is 2. The van der Waals surface area contributed by atoms with E-state index in [1.54, 1.807) is 36.9 Å². The van der Waals surface area contributed by atoms with Gasteiger partial charge in [0, 0.05) is 35.6 Å². The molecule has 1 N–H and O–H groups in total. The maximum atomic E-state index is 13.3. The molecule has 10 heteroatoms. The molecule has 36 heavy (non-hydrogen) atoms. The van der Waals surface area contributed by atoms with Gasteiger partial charge < -0.3 is 10.2 Å². The zero-order valence-corrected chi connectivity index (χ0v) is 24.4. The summed E-state index contributed by atoms with van der Waals surface area (Å²) in [6.07, 6.45) is 3.34. The Morgan fingerprint density at radius 3 is 2.39 bits per heavy atom. The molecule has 198 valence electrons. The zero-order chi connectivity index (χ0) is 26.9. The maximum Gasteiger partial charge on any atom is 0.242 e.